The van der Waals surface area contributed by atoms with Crippen molar-refractivity contribution in [2.45, 2.75) is 13.1 Å². The average Bonchev–Trinajstić information content (AvgIpc) is 2.81. The van der Waals surface area contributed by atoms with E-state index in [1.165, 1.54) is 24.3 Å². The van der Waals surface area contributed by atoms with Crippen molar-refractivity contribution in [2.24, 2.45) is 0 Å². The highest BCUT2D eigenvalue weighted by molar-refractivity contribution is 5.95. The number of hydrogen-bond acceptors (Lipinski definition) is 2. The number of halogens is 1. The molecule has 0 saturated heterocycles. The lowest BCUT2D eigenvalue weighted by atomic mass is 10.1. The predicted octanol–water partition coefficient (Wildman–Crippen LogP) is 1.86. The van der Waals surface area contributed by atoms with Crippen LogP contribution in [0.2, 0.25) is 0 Å². The summed E-state index contributed by atoms with van der Waals surface area (Å²) in [5.41, 5.74) is 0.807. The summed E-state index contributed by atoms with van der Waals surface area (Å²) in [6, 6.07) is 7.39. The molecule has 0 amide bonds. The predicted molar refractivity (Wildman–Crippen MR) is 70.3 cm³/mol. The maximum absolute atomic E-state index is 12.8. The maximum atomic E-state index is 12.8. The number of allylic oxidation sites excluding steroid dienone is 1. The van der Waals surface area contributed by atoms with Gasteiger partial charge in [0.15, 0.2) is 6.54 Å². The highest BCUT2D eigenvalue weighted by Gasteiger charge is 2.17. The molecule has 0 fully saturated rings. The largest absolute Gasteiger partial charge is 0.290 e. The second-order valence-corrected chi connectivity index (χ2v) is 4.29. The minimum Gasteiger partial charge on any atom is -0.290 e. The van der Waals surface area contributed by atoms with Gasteiger partial charge in [0.1, 0.15) is 24.6 Å². The van der Waals surface area contributed by atoms with Gasteiger partial charge in [0.25, 0.3) is 0 Å². The van der Waals surface area contributed by atoms with Crippen LogP contribution >= 0.6 is 0 Å². The van der Waals surface area contributed by atoms with E-state index in [4.69, 9.17) is 5.26 Å². The first kappa shape index (κ1) is 13.7. The first-order chi connectivity index (χ1) is 9.63. The van der Waals surface area contributed by atoms with Crippen LogP contribution in [-0.4, -0.2) is 10.4 Å². The van der Waals surface area contributed by atoms with E-state index in [1.54, 1.807) is 27.7 Å². The Morgan fingerprint density at radius 1 is 1.45 bits per heavy atom. The molecular weight excluding hydrogens is 257 g/mol. The molecule has 0 aliphatic carbocycles. The number of imidazole rings is 1. The highest BCUT2D eigenvalue weighted by atomic mass is 19.1. The molecule has 5 heteroatoms. The van der Waals surface area contributed by atoms with Crippen LogP contribution in [0.4, 0.5) is 4.39 Å². The van der Waals surface area contributed by atoms with Gasteiger partial charge in [-0.25, -0.2) is 13.5 Å². The van der Waals surface area contributed by atoms with Crippen LogP contribution < -0.4 is 4.57 Å². The number of aromatic nitrogens is 2. The number of Topliss-reactive ketones (excluding diaryl/α,β-unsaturated/α-hetero) is 1. The minimum atomic E-state index is -0.385. The molecular formula is C15H13FN3O+. The number of carbonyl (C=O) groups excluding carboxylic acids is 1. The Hall–Kier alpha value is -2.74. The summed E-state index contributed by atoms with van der Waals surface area (Å²) in [4.78, 5) is 12.1. The Bertz CT molecular complexity index is 680. The maximum Gasteiger partial charge on any atom is 0.245 e. The molecule has 1 heterocycles. The van der Waals surface area contributed by atoms with Crippen molar-refractivity contribution in [3.8, 4) is 6.07 Å². The van der Waals surface area contributed by atoms with Crippen molar-refractivity contribution in [2.75, 3.05) is 0 Å². The van der Waals surface area contributed by atoms with Crippen LogP contribution in [0.3, 0.4) is 0 Å². The average molecular weight is 270 g/mol. The second-order valence-electron chi connectivity index (χ2n) is 4.29. The van der Waals surface area contributed by atoms with Gasteiger partial charge in [0, 0.05) is 5.56 Å². The number of benzene rings is 1. The normalized spacial score (nSPS) is 10.0. The molecule has 0 atom stereocenters. The van der Waals surface area contributed by atoms with E-state index in [2.05, 4.69) is 6.58 Å². The number of ketones is 1. The highest BCUT2D eigenvalue weighted by Crippen LogP contribution is 2.06. The quantitative estimate of drug-likeness (QED) is 0.473. The van der Waals surface area contributed by atoms with Crippen molar-refractivity contribution in [3.05, 3.63) is 66.5 Å². The smallest absolute Gasteiger partial charge is 0.245 e. The number of nitrogens with zero attached hydrogens (tertiary/aromatic N) is 3. The van der Waals surface area contributed by atoms with Crippen molar-refractivity contribution < 1.29 is 13.8 Å². The van der Waals surface area contributed by atoms with Gasteiger partial charge in [-0.05, 0) is 24.3 Å². The Morgan fingerprint density at radius 2 is 2.15 bits per heavy atom. The second kappa shape index (κ2) is 5.93. The fraction of sp³-hybridized carbons (Fsp3) is 0.133. The van der Waals surface area contributed by atoms with Gasteiger partial charge in [-0.2, -0.15) is 5.26 Å². The molecule has 20 heavy (non-hydrogen) atoms. The number of hydrogen-bond donors (Lipinski definition) is 0. The van der Waals surface area contributed by atoms with Gasteiger partial charge in [-0.1, -0.05) is 12.7 Å². The lowest BCUT2D eigenvalue weighted by Crippen LogP contribution is -2.29. The van der Waals surface area contributed by atoms with Crippen molar-refractivity contribution in [1.82, 2.24) is 4.57 Å². The molecule has 0 radical (unpaired) electrons. The van der Waals surface area contributed by atoms with E-state index in [-0.39, 0.29) is 18.1 Å². The van der Waals surface area contributed by atoms with Crippen molar-refractivity contribution in [3.63, 3.8) is 0 Å². The van der Waals surface area contributed by atoms with Gasteiger partial charge in [-0.3, -0.25) is 4.79 Å². The topological polar surface area (TPSA) is 49.7 Å². The summed E-state index contributed by atoms with van der Waals surface area (Å²) in [5.74, 6) is -0.563. The molecule has 0 unspecified atom stereocenters. The van der Waals surface area contributed by atoms with Gasteiger partial charge in [0.2, 0.25) is 17.8 Å². The zero-order valence-electron chi connectivity index (χ0n) is 10.8. The SMILES string of the molecule is C=CC[n+]1cc(C#N)n(CC(=O)c2ccc(F)cc2)c1. The molecule has 1 aromatic heterocycles. The van der Waals surface area contributed by atoms with E-state index in [9.17, 15) is 9.18 Å². The van der Waals surface area contributed by atoms with E-state index in [1.807, 2.05) is 6.07 Å². The molecule has 2 aromatic rings. The molecule has 0 bridgehead atoms. The molecule has 0 aliphatic heterocycles. The first-order valence-corrected chi connectivity index (χ1v) is 6.03. The summed E-state index contributed by atoms with van der Waals surface area (Å²) in [7, 11) is 0. The molecule has 100 valence electrons. The molecule has 2 rings (SSSR count). The summed E-state index contributed by atoms with van der Waals surface area (Å²) < 4.78 is 16.1. The third-order valence-electron chi connectivity index (χ3n) is 2.82. The molecule has 4 nitrogen and oxygen atoms in total. The number of rotatable bonds is 5. The molecule has 0 aliphatic rings. The monoisotopic (exact) mass is 270 g/mol. The van der Waals surface area contributed by atoms with Crippen LogP contribution in [0.5, 0.6) is 0 Å². The van der Waals surface area contributed by atoms with Crippen molar-refractivity contribution >= 4 is 5.78 Å². The zero-order valence-corrected chi connectivity index (χ0v) is 10.8. The Labute approximate surface area is 116 Å². The van der Waals surface area contributed by atoms with E-state index >= 15 is 0 Å². The van der Waals surface area contributed by atoms with Crippen LogP contribution in [0.1, 0.15) is 16.1 Å². The van der Waals surface area contributed by atoms with Gasteiger partial charge < -0.3 is 0 Å². The third-order valence-corrected chi connectivity index (χ3v) is 2.82. The lowest BCUT2D eigenvalue weighted by molar-refractivity contribution is -0.686. The molecule has 0 spiro atoms. The molecule has 0 N–H and O–H groups in total. The number of nitriles is 1. The fourth-order valence-corrected chi connectivity index (χ4v) is 1.86. The summed E-state index contributed by atoms with van der Waals surface area (Å²) in [5, 5.41) is 9.05. The van der Waals surface area contributed by atoms with Crippen LogP contribution in [-0.2, 0) is 13.1 Å². The Morgan fingerprint density at radius 3 is 2.75 bits per heavy atom. The van der Waals surface area contributed by atoms with E-state index < -0.39 is 0 Å². The Kier molecular flexibility index (Phi) is 4.06. The summed E-state index contributed by atoms with van der Waals surface area (Å²) in [6.07, 6.45) is 5.04. The van der Waals surface area contributed by atoms with Crippen LogP contribution in [0, 0.1) is 17.1 Å². The minimum absolute atomic E-state index is 0.0403. The third kappa shape index (κ3) is 2.98. The molecule has 1 aromatic carbocycles. The standard InChI is InChI=1S/C15H13FN3O/c1-2-7-18-9-14(8-17)19(11-18)10-15(20)12-3-5-13(16)6-4-12/h2-6,9,11H,1,7,10H2/q+1. The van der Waals surface area contributed by atoms with E-state index in [0.29, 0.717) is 17.8 Å². The fourth-order valence-electron chi connectivity index (χ4n) is 1.86. The number of carbonyl (C=O) groups is 1. The van der Waals surface area contributed by atoms with Gasteiger partial charge >= 0.3 is 0 Å². The first-order valence-electron chi connectivity index (χ1n) is 6.03. The van der Waals surface area contributed by atoms with E-state index in [0.717, 1.165) is 0 Å². The summed E-state index contributed by atoms with van der Waals surface area (Å²) in [6.45, 7) is 4.22. The Balaban J connectivity index is 2.21. The van der Waals surface area contributed by atoms with Crippen molar-refractivity contribution in [1.29, 1.82) is 5.26 Å². The van der Waals surface area contributed by atoms with Gasteiger partial charge in [-0.15, -0.1) is 0 Å². The summed E-state index contributed by atoms with van der Waals surface area (Å²) >= 11 is 0. The zero-order chi connectivity index (χ0) is 14.5. The van der Waals surface area contributed by atoms with Crippen LogP contribution in [0.15, 0.2) is 49.4 Å². The lowest BCUT2D eigenvalue weighted by Gasteiger charge is -1.99. The van der Waals surface area contributed by atoms with Crippen LogP contribution in [0.25, 0.3) is 0 Å². The molecule has 0 saturated carbocycles. The van der Waals surface area contributed by atoms with Gasteiger partial charge in [0.05, 0.1) is 0 Å².